The monoisotopic (exact) mass is 437 g/mol. The molecule has 0 spiro atoms. The molecule has 0 bridgehead atoms. The Labute approximate surface area is 192 Å². The summed E-state index contributed by atoms with van der Waals surface area (Å²) in [7, 11) is 0. The normalized spacial score (nSPS) is 47.8. The van der Waals surface area contributed by atoms with E-state index in [0.717, 1.165) is 38.0 Å². The maximum Gasteiger partial charge on any atom is 0.157 e. The van der Waals surface area contributed by atoms with Crippen LogP contribution in [0.25, 0.3) is 0 Å². The fourth-order valence-corrected chi connectivity index (χ4v) is 9.12. The summed E-state index contributed by atoms with van der Waals surface area (Å²) in [5.74, 6) is 3.73. The summed E-state index contributed by atoms with van der Waals surface area (Å²) < 4.78 is 1.64. The van der Waals surface area contributed by atoms with Crippen LogP contribution in [0.2, 0.25) is 0 Å². The van der Waals surface area contributed by atoms with Crippen molar-refractivity contribution in [2.75, 3.05) is 0 Å². The second-order valence-corrected chi connectivity index (χ2v) is 12.6. The van der Waals surface area contributed by atoms with Crippen LogP contribution in [0.3, 0.4) is 0 Å². The molecule has 0 saturated heterocycles. The highest BCUT2D eigenvalue weighted by atomic mass is 16.3. The lowest BCUT2D eigenvalue weighted by Crippen LogP contribution is -2.58. The van der Waals surface area contributed by atoms with Crippen molar-refractivity contribution in [1.82, 2.24) is 9.78 Å². The standard InChI is InChI=1S/C27H39N3O2/c1-17-11-19-12-25(2,32)9-10-26(19,3)22-7-8-27(4)20(5-6-21(27)24(17)22)23(31)16-30-15-18(13-28)14-29-30/h14-15,17,19-22,24,32H,5-12,16H2,1-4H3/t17-,19+,20-,21+,22+,24+,25-,26+,27-/m1/s1. The van der Waals surface area contributed by atoms with Gasteiger partial charge in [0.15, 0.2) is 5.78 Å². The van der Waals surface area contributed by atoms with Gasteiger partial charge in [-0.3, -0.25) is 9.48 Å². The maximum absolute atomic E-state index is 13.4. The van der Waals surface area contributed by atoms with Crippen molar-refractivity contribution < 1.29 is 9.90 Å². The number of ketones is 1. The van der Waals surface area contributed by atoms with Gasteiger partial charge in [-0.15, -0.1) is 0 Å². The van der Waals surface area contributed by atoms with Crippen LogP contribution in [-0.2, 0) is 11.3 Å². The largest absolute Gasteiger partial charge is 0.390 e. The second-order valence-electron chi connectivity index (χ2n) is 12.6. The van der Waals surface area contributed by atoms with E-state index in [9.17, 15) is 9.90 Å². The Bertz CT molecular complexity index is 945. The SMILES string of the molecule is C[C@@H]1C[C@H]2C[C@](C)(O)CC[C@]2(C)[C@H]2CC[C@]3(C)[C@@H](C(=O)Cn4cc(C#N)cn4)CC[C@H]3[C@H]12. The number of aromatic nitrogens is 2. The number of rotatable bonds is 3. The van der Waals surface area contributed by atoms with Gasteiger partial charge in [-0.25, -0.2) is 0 Å². The third-order valence-corrected chi connectivity index (χ3v) is 10.8. The van der Waals surface area contributed by atoms with Gasteiger partial charge in [-0.2, -0.15) is 10.4 Å². The van der Waals surface area contributed by atoms with Crippen LogP contribution in [0.5, 0.6) is 0 Å². The summed E-state index contributed by atoms with van der Waals surface area (Å²) in [6, 6.07) is 2.10. The Morgan fingerprint density at radius 3 is 2.66 bits per heavy atom. The lowest BCUT2D eigenvalue weighted by molar-refractivity contribution is -0.166. The lowest BCUT2D eigenvalue weighted by atomic mass is 9.42. The maximum atomic E-state index is 13.4. The minimum atomic E-state index is -0.497. The first-order valence-corrected chi connectivity index (χ1v) is 12.7. The molecule has 5 heteroatoms. The zero-order valence-corrected chi connectivity index (χ0v) is 20.2. The van der Waals surface area contributed by atoms with Crippen molar-refractivity contribution in [1.29, 1.82) is 5.26 Å². The number of Topliss-reactive ketones (excluding diaryl/α,β-unsaturated/α-hetero) is 1. The zero-order chi connectivity index (χ0) is 22.9. The van der Waals surface area contributed by atoms with Crippen molar-refractivity contribution >= 4 is 5.78 Å². The summed E-state index contributed by atoms with van der Waals surface area (Å²) in [6.45, 7) is 9.71. The van der Waals surface area contributed by atoms with Crippen LogP contribution >= 0.6 is 0 Å². The summed E-state index contributed by atoms with van der Waals surface area (Å²) in [6.07, 6.45) is 12.0. The van der Waals surface area contributed by atoms with Gasteiger partial charge in [0.1, 0.15) is 6.07 Å². The Morgan fingerprint density at radius 1 is 1.19 bits per heavy atom. The van der Waals surface area contributed by atoms with Crippen molar-refractivity contribution in [2.45, 2.75) is 91.2 Å². The Kier molecular flexibility index (Phi) is 5.13. The first-order valence-electron chi connectivity index (χ1n) is 12.7. The number of hydrogen-bond donors (Lipinski definition) is 1. The topological polar surface area (TPSA) is 78.9 Å². The molecule has 32 heavy (non-hydrogen) atoms. The molecule has 0 aliphatic heterocycles. The van der Waals surface area contributed by atoms with Crippen LogP contribution in [0, 0.1) is 57.7 Å². The van der Waals surface area contributed by atoms with E-state index >= 15 is 0 Å². The van der Waals surface area contributed by atoms with Crippen LogP contribution in [0.1, 0.15) is 84.6 Å². The summed E-state index contributed by atoms with van der Waals surface area (Å²) in [5.41, 5.74) is 0.439. The third-order valence-electron chi connectivity index (χ3n) is 10.8. The van der Waals surface area contributed by atoms with E-state index in [1.54, 1.807) is 17.1 Å². The molecule has 5 rings (SSSR count). The van der Waals surface area contributed by atoms with Crippen LogP contribution in [0.4, 0.5) is 0 Å². The van der Waals surface area contributed by atoms with E-state index in [1.807, 2.05) is 6.92 Å². The molecule has 4 saturated carbocycles. The predicted molar refractivity (Wildman–Crippen MR) is 122 cm³/mol. The molecule has 0 amide bonds. The summed E-state index contributed by atoms with van der Waals surface area (Å²) >= 11 is 0. The van der Waals surface area contributed by atoms with Gasteiger partial charge in [0.05, 0.1) is 23.9 Å². The van der Waals surface area contributed by atoms with Crippen LogP contribution in [-0.4, -0.2) is 26.3 Å². The van der Waals surface area contributed by atoms with Crippen LogP contribution in [0.15, 0.2) is 12.4 Å². The average Bonchev–Trinajstić information content (AvgIpc) is 3.32. The van der Waals surface area contributed by atoms with Gasteiger partial charge in [0.2, 0.25) is 0 Å². The number of carbonyl (C=O) groups is 1. The molecule has 1 aromatic heterocycles. The molecular formula is C27H39N3O2. The number of hydrogen-bond acceptors (Lipinski definition) is 4. The highest BCUT2D eigenvalue weighted by molar-refractivity contribution is 5.82. The fraction of sp³-hybridized carbons (Fsp3) is 0.815. The molecule has 5 nitrogen and oxygen atoms in total. The minimum Gasteiger partial charge on any atom is -0.390 e. The zero-order valence-electron chi connectivity index (χ0n) is 20.2. The van der Waals surface area contributed by atoms with E-state index < -0.39 is 5.60 Å². The van der Waals surface area contributed by atoms with Crippen molar-refractivity contribution in [3.8, 4) is 6.07 Å². The molecule has 4 aliphatic carbocycles. The first-order chi connectivity index (χ1) is 15.1. The lowest BCUT2D eigenvalue weighted by Gasteiger charge is -2.63. The van der Waals surface area contributed by atoms with E-state index in [2.05, 4.69) is 31.9 Å². The molecule has 174 valence electrons. The number of aliphatic hydroxyl groups is 1. The summed E-state index contributed by atoms with van der Waals surface area (Å²) in [4.78, 5) is 13.4. The number of fused-ring (bicyclic) bond motifs is 5. The van der Waals surface area contributed by atoms with Gasteiger partial charge >= 0.3 is 0 Å². The molecule has 1 N–H and O–H groups in total. The van der Waals surface area contributed by atoms with Crippen molar-refractivity contribution in [3.05, 3.63) is 18.0 Å². The molecule has 1 aromatic rings. The van der Waals surface area contributed by atoms with E-state index in [0.29, 0.717) is 40.4 Å². The highest BCUT2D eigenvalue weighted by Crippen LogP contribution is 2.69. The summed E-state index contributed by atoms with van der Waals surface area (Å²) in [5, 5.41) is 24.1. The number of nitrogens with zero attached hydrogens (tertiary/aromatic N) is 3. The van der Waals surface area contributed by atoms with Gasteiger partial charge < -0.3 is 5.11 Å². The molecule has 1 heterocycles. The molecule has 4 fully saturated rings. The average molecular weight is 438 g/mol. The molecule has 0 radical (unpaired) electrons. The Balaban J connectivity index is 1.37. The van der Waals surface area contributed by atoms with Crippen molar-refractivity contribution in [2.24, 2.45) is 46.3 Å². The van der Waals surface area contributed by atoms with E-state index in [-0.39, 0.29) is 17.9 Å². The quantitative estimate of drug-likeness (QED) is 0.723. The minimum absolute atomic E-state index is 0.0844. The number of nitriles is 1. The first kappa shape index (κ1) is 22.1. The predicted octanol–water partition coefficient (Wildman–Crippen LogP) is 4.98. The third kappa shape index (κ3) is 3.28. The number of carbonyl (C=O) groups excluding carboxylic acids is 1. The second kappa shape index (κ2) is 7.42. The van der Waals surface area contributed by atoms with Gasteiger partial charge in [-0.1, -0.05) is 20.8 Å². The van der Waals surface area contributed by atoms with Crippen LogP contribution < -0.4 is 0 Å². The Hall–Kier alpha value is -1.67. The van der Waals surface area contributed by atoms with E-state index in [1.165, 1.54) is 19.3 Å². The highest BCUT2D eigenvalue weighted by Gasteiger charge is 2.63. The molecule has 0 aromatic carbocycles. The van der Waals surface area contributed by atoms with Gasteiger partial charge in [-0.05, 0) is 98.7 Å². The van der Waals surface area contributed by atoms with E-state index in [4.69, 9.17) is 5.26 Å². The van der Waals surface area contributed by atoms with Gasteiger partial charge in [0, 0.05) is 12.1 Å². The molecule has 0 unspecified atom stereocenters. The smallest absolute Gasteiger partial charge is 0.157 e. The van der Waals surface area contributed by atoms with Crippen molar-refractivity contribution in [3.63, 3.8) is 0 Å². The van der Waals surface area contributed by atoms with Gasteiger partial charge in [0.25, 0.3) is 0 Å². The Morgan fingerprint density at radius 2 is 1.94 bits per heavy atom. The molecule has 4 aliphatic rings. The fourth-order valence-electron chi connectivity index (χ4n) is 9.12. The molecular weight excluding hydrogens is 398 g/mol. The molecule has 9 atom stereocenters.